The molecule has 4 aliphatic rings. The summed E-state index contributed by atoms with van der Waals surface area (Å²) in [6.45, 7) is 5.46. The standard InChI is InChI=1S/C27H38O6/c1-17-25(31-17)15-29-22-9-3-19(4-10-22)20-5-13-24(14-6-20)33-27(28)21-7-11-23(12-8-21)30-16-26-18(2)32-26/h7-8,11-12,17-20,22,24-26H,3-6,9-10,13-16H2,1-2H3. The Morgan fingerprint density at radius 3 is 1.85 bits per heavy atom. The lowest BCUT2D eigenvalue weighted by atomic mass is 9.72. The second kappa shape index (κ2) is 10.3. The first-order valence-corrected chi connectivity index (χ1v) is 12.9. The van der Waals surface area contributed by atoms with E-state index in [2.05, 4.69) is 6.92 Å². The molecule has 0 N–H and O–H groups in total. The Morgan fingerprint density at radius 2 is 1.30 bits per heavy atom. The first-order valence-electron chi connectivity index (χ1n) is 12.9. The van der Waals surface area contributed by atoms with E-state index >= 15 is 0 Å². The van der Waals surface area contributed by atoms with Crippen molar-refractivity contribution in [1.82, 2.24) is 0 Å². The van der Waals surface area contributed by atoms with Gasteiger partial charge in [0, 0.05) is 0 Å². The van der Waals surface area contributed by atoms with Crippen molar-refractivity contribution in [2.24, 2.45) is 11.8 Å². The van der Waals surface area contributed by atoms with E-state index in [4.69, 9.17) is 23.7 Å². The molecule has 2 aliphatic heterocycles. The van der Waals surface area contributed by atoms with E-state index in [9.17, 15) is 4.79 Å². The van der Waals surface area contributed by atoms with Gasteiger partial charge in [0.15, 0.2) is 0 Å². The zero-order chi connectivity index (χ0) is 22.8. The van der Waals surface area contributed by atoms with E-state index in [0.29, 0.717) is 30.5 Å². The maximum atomic E-state index is 12.6. The molecule has 2 heterocycles. The molecule has 1 aromatic carbocycles. The molecular formula is C27H38O6. The number of benzene rings is 1. The average Bonchev–Trinajstić information content (AvgIpc) is 3.75. The Bertz CT molecular complexity index is 778. The summed E-state index contributed by atoms with van der Waals surface area (Å²) in [5, 5.41) is 0. The summed E-state index contributed by atoms with van der Waals surface area (Å²) in [7, 11) is 0. The lowest BCUT2D eigenvalue weighted by molar-refractivity contribution is -0.00858. The summed E-state index contributed by atoms with van der Waals surface area (Å²) >= 11 is 0. The van der Waals surface area contributed by atoms with Crippen molar-refractivity contribution in [3.05, 3.63) is 29.8 Å². The molecule has 0 bridgehead atoms. The largest absolute Gasteiger partial charge is 0.491 e. The van der Waals surface area contributed by atoms with Crippen molar-refractivity contribution < 1.29 is 28.5 Å². The van der Waals surface area contributed by atoms with Crippen molar-refractivity contribution in [2.75, 3.05) is 13.2 Å². The van der Waals surface area contributed by atoms with Gasteiger partial charge in [-0.3, -0.25) is 0 Å². The Morgan fingerprint density at radius 1 is 0.788 bits per heavy atom. The van der Waals surface area contributed by atoms with Crippen LogP contribution >= 0.6 is 0 Å². The Labute approximate surface area is 197 Å². The molecule has 2 aliphatic carbocycles. The van der Waals surface area contributed by atoms with E-state index in [1.54, 1.807) is 12.1 Å². The molecule has 2 saturated heterocycles. The van der Waals surface area contributed by atoms with Crippen molar-refractivity contribution in [2.45, 2.75) is 102 Å². The van der Waals surface area contributed by atoms with Crippen LogP contribution in [0.4, 0.5) is 0 Å². The number of hydrogen-bond acceptors (Lipinski definition) is 6. The first-order chi connectivity index (χ1) is 16.0. The lowest BCUT2D eigenvalue weighted by Gasteiger charge is -2.37. The highest BCUT2D eigenvalue weighted by molar-refractivity contribution is 5.89. The van der Waals surface area contributed by atoms with Crippen LogP contribution in [0.25, 0.3) is 0 Å². The van der Waals surface area contributed by atoms with Crippen LogP contribution in [0.2, 0.25) is 0 Å². The fourth-order valence-corrected chi connectivity index (χ4v) is 5.53. The van der Waals surface area contributed by atoms with Crippen LogP contribution in [-0.4, -0.2) is 55.8 Å². The third-order valence-corrected chi connectivity index (χ3v) is 8.05. The molecule has 0 spiro atoms. The van der Waals surface area contributed by atoms with E-state index < -0.39 is 0 Å². The summed E-state index contributed by atoms with van der Waals surface area (Å²) in [6.07, 6.45) is 10.8. The van der Waals surface area contributed by atoms with E-state index in [1.807, 2.05) is 19.1 Å². The van der Waals surface area contributed by atoms with Gasteiger partial charge in [-0.25, -0.2) is 4.79 Å². The van der Waals surface area contributed by atoms with Crippen LogP contribution in [0.1, 0.15) is 75.6 Å². The number of esters is 1. The molecular weight excluding hydrogens is 420 g/mol. The maximum Gasteiger partial charge on any atom is 0.338 e. The molecule has 6 heteroatoms. The van der Waals surface area contributed by atoms with Gasteiger partial charge in [0.05, 0.1) is 30.5 Å². The number of carbonyl (C=O) groups is 1. The number of hydrogen-bond donors (Lipinski definition) is 0. The predicted octanol–water partition coefficient (Wildman–Crippen LogP) is 4.93. The summed E-state index contributed by atoms with van der Waals surface area (Å²) in [5.41, 5.74) is 0.588. The minimum atomic E-state index is -0.226. The zero-order valence-corrected chi connectivity index (χ0v) is 19.9. The van der Waals surface area contributed by atoms with E-state index in [0.717, 1.165) is 49.9 Å². The molecule has 0 aromatic heterocycles. The van der Waals surface area contributed by atoms with Gasteiger partial charge in [0.1, 0.15) is 30.7 Å². The smallest absolute Gasteiger partial charge is 0.338 e. The SMILES string of the molecule is CC1OC1COc1ccc(C(=O)OC2CCC(C3CCC(OCC4OC4C)CC3)CC2)cc1. The van der Waals surface area contributed by atoms with Gasteiger partial charge in [-0.2, -0.15) is 0 Å². The van der Waals surface area contributed by atoms with Crippen molar-refractivity contribution in [1.29, 1.82) is 0 Å². The van der Waals surface area contributed by atoms with Crippen molar-refractivity contribution in [3.63, 3.8) is 0 Å². The molecule has 4 fully saturated rings. The minimum absolute atomic E-state index is 0.0402. The quantitative estimate of drug-likeness (QED) is 0.386. The molecule has 6 nitrogen and oxygen atoms in total. The van der Waals surface area contributed by atoms with Gasteiger partial charge in [-0.1, -0.05) is 0 Å². The molecule has 2 saturated carbocycles. The van der Waals surface area contributed by atoms with Gasteiger partial charge < -0.3 is 23.7 Å². The number of carbonyl (C=O) groups excluding carboxylic acids is 1. The molecule has 0 radical (unpaired) electrons. The normalized spacial score (nSPS) is 37.9. The number of rotatable bonds is 9. The topological polar surface area (TPSA) is 69.8 Å². The highest BCUT2D eigenvalue weighted by Crippen LogP contribution is 2.40. The highest BCUT2D eigenvalue weighted by Gasteiger charge is 2.37. The molecule has 0 amide bonds. The minimum Gasteiger partial charge on any atom is -0.491 e. The van der Waals surface area contributed by atoms with Crippen LogP contribution in [0.5, 0.6) is 5.75 Å². The summed E-state index contributed by atoms with van der Waals surface area (Å²) in [5.74, 6) is 2.09. The van der Waals surface area contributed by atoms with Gasteiger partial charge in [0.2, 0.25) is 0 Å². The highest BCUT2D eigenvalue weighted by atomic mass is 16.6. The van der Waals surface area contributed by atoms with Gasteiger partial charge >= 0.3 is 5.97 Å². The van der Waals surface area contributed by atoms with Crippen LogP contribution in [0.15, 0.2) is 24.3 Å². The monoisotopic (exact) mass is 458 g/mol. The Balaban J connectivity index is 0.989. The molecule has 33 heavy (non-hydrogen) atoms. The molecule has 1 aromatic rings. The van der Waals surface area contributed by atoms with Gasteiger partial charge in [0.25, 0.3) is 0 Å². The Kier molecular flexibility index (Phi) is 7.24. The third kappa shape index (κ3) is 6.28. The van der Waals surface area contributed by atoms with Crippen LogP contribution in [0.3, 0.4) is 0 Å². The summed E-state index contributed by atoms with van der Waals surface area (Å²) in [4.78, 5) is 12.6. The second-order valence-corrected chi connectivity index (χ2v) is 10.4. The van der Waals surface area contributed by atoms with E-state index in [1.165, 1.54) is 25.7 Å². The number of epoxide rings is 2. The average molecular weight is 459 g/mol. The van der Waals surface area contributed by atoms with Crippen molar-refractivity contribution >= 4 is 5.97 Å². The fraction of sp³-hybridized carbons (Fsp3) is 0.741. The number of ether oxygens (including phenoxy) is 5. The zero-order valence-electron chi connectivity index (χ0n) is 19.9. The van der Waals surface area contributed by atoms with Gasteiger partial charge in [-0.15, -0.1) is 0 Å². The van der Waals surface area contributed by atoms with Gasteiger partial charge in [-0.05, 0) is 101 Å². The second-order valence-electron chi connectivity index (χ2n) is 10.4. The third-order valence-electron chi connectivity index (χ3n) is 8.05. The van der Waals surface area contributed by atoms with Crippen LogP contribution in [-0.2, 0) is 18.9 Å². The summed E-state index contributed by atoms with van der Waals surface area (Å²) in [6, 6.07) is 7.24. The molecule has 4 unspecified atom stereocenters. The predicted molar refractivity (Wildman–Crippen MR) is 123 cm³/mol. The van der Waals surface area contributed by atoms with Crippen LogP contribution in [0, 0.1) is 11.8 Å². The molecule has 182 valence electrons. The fourth-order valence-electron chi connectivity index (χ4n) is 5.53. The molecule has 4 atom stereocenters. The van der Waals surface area contributed by atoms with E-state index in [-0.39, 0.29) is 24.3 Å². The maximum absolute atomic E-state index is 12.6. The Hall–Kier alpha value is -1.63. The first kappa shape index (κ1) is 23.1. The van der Waals surface area contributed by atoms with Crippen molar-refractivity contribution in [3.8, 4) is 5.75 Å². The van der Waals surface area contributed by atoms with Crippen LogP contribution < -0.4 is 4.74 Å². The molecule has 5 rings (SSSR count). The summed E-state index contributed by atoms with van der Waals surface area (Å²) < 4.78 is 28.4. The lowest BCUT2D eigenvalue weighted by Crippen LogP contribution is -2.31.